The van der Waals surface area contributed by atoms with Gasteiger partial charge >= 0.3 is 0 Å². The molecule has 2 aromatic rings. The van der Waals surface area contributed by atoms with E-state index in [0.717, 1.165) is 16.8 Å². The Morgan fingerprint density at radius 2 is 1.87 bits per heavy atom. The van der Waals surface area contributed by atoms with Crippen LogP contribution < -0.4 is 9.62 Å². The molecule has 2 aromatic carbocycles. The molecule has 1 aliphatic rings. The highest BCUT2D eigenvalue weighted by atomic mass is 32.2. The molecular weight excluding hydrogens is 402 g/mol. The van der Waals surface area contributed by atoms with Crippen LogP contribution >= 0.6 is 0 Å². The van der Waals surface area contributed by atoms with Crippen LogP contribution in [0.3, 0.4) is 0 Å². The summed E-state index contributed by atoms with van der Waals surface area (Å²) in [5.74, 6) is -0.199. The van der Waals surface area contributed by atoms with Gasteiger partial charge in [0.1, 0.15) is 0 Å². The number of hydrogen-bond donors (Lipinski definition) is 1. The molecule has 1 N–H and O–H groups in total. The Kier molecular flexibility index (Phi) is 6.58. The van der Waals surface area contributed by atoms with Crippen LogP contribution in [0, 0.1) is 0 Å². The number of carbonyl (C=O) groups excluding carboxylic acids is 2. The van der Waals surface area contributed by atoms with E-state index in [2.05, 4.69) is 4.72 Å². The maximum Gasteiger partial charge on any atom is 0.240 e. The Labute approximate surface area is 177 Å². The lowest BCUT2D eigenvalue weighted by Crippen LogP contribution is -2.33. The highest BCUT2D eigenvalue weighted by Gasteiger charge is 2.30. The van der Waals surface area contributed by atoms with E-state index in [1.807, 2.05) is 37.3 Å². The van der Waals surface area contributed by atoms with Crippen LogP contribution in [0.2, 0.25) is 0 Å². The van der Waals surface area contributed by atoms with Crippen molar-refractivity contribution in [3.63, 3.8) is 0 Å². The summed E-state index contributed by atoms with van der Waals surface area (Å²) in [4.78, 5) is 27.6. The lowest BCUT2D eigenvalue weighted by Gasteiger charge is -2.20. The summed E-state index contributed by atoms with van der Waals surface area (Å²) in [6, 6.07) is 14.4. The Hall–Kier alpha value is -2.71. The van der Waals surface area contributed by atoms with Gasteiger partial charge in [-0.15, -0.1) is 0 Å². The van der Waals surface area contributed by atoms with E-state index in [4.69, 9.17) is 0 Å². The normalized spacial score (nSPS) is 15.7. The number of anilines is 1. The largest absolute Gasteiger partial charge is 0.341 e. The third-order valence-corrected chi connectivity index (χ3v) is 6.69. The standard InChI is InChI=1S/C22H27N3O4S/c1-16-13-19-14-20(9-10-21(19)25(16)17(2)26)30(28,29)23-12-11-22(27)24(3)15-18-7-5-4-6-8-18/h4-10,14,16,23H,11-13,15H2,1-3H3/t16-/m0/s1. The van der Waals surface area contributed by atoms with Crippen molar-refractivity contribution in [2.24, 2.45) is 0 Å². The molecule has 0 unspecified atom stereocenters. The quantitative estimate of drug-likeness (QED) is 0.732. The summed E-state index contributed by atoms with van der Waals surface area (Å²) in [6.45, 7) is 3.93. The van der Waals surface area contributed by atoms with Crippen LogP contribution in [0.1, 0.15) is 31.4 Å². The lowest BCUT2D eigenvalue weighted by atomic mass is 10.1. The summed E-state index contributed by atoms with van der Waals surface area (Å²) in [6.07, 6.45) is 0.684. The summed E-state index contributed by atoms with van der Waals surface area (Å²) < 4.78 is 27.8. The van der Waals surface area contributed by atoms with Crippen molar-refractivity contribution in [2.75, 3.05) is 18.5 Å². The summed E-state index contributed by atoms with van der Waals surface area (Å²) >= 11 is 0. The molecule has 2 amide bonds. The van der Waals surface area contributed by atoms with Gasteiger partial charge in [-0.05, 0) is 42.7 Å². The molecule has 1 aliphatic heterocycles. The second-order valence-corrected chi connectivity index (χ2v) is 9.38. The monoisotopic (exact) mass is 429 g/mol. The van der Waals surface area contributed by atoms with Crippen molar-refractivity contribution < 1.29 is 18.0 Å². The Balaban J connectivity index is 1.59. The molecule has 160 valence electrons. The maximum absolute atomic E-state index is 12.7. The number of carbonyl (C=O) groups is 2. The Morgan fingerprint density at radius 3 is 2.53 bits per heavy atom. The van der Waals surface area contributed by atoms with E-state index in [9.17, 15) is 18.0 Å². The number of amides is 2. The van der Waals surface area contributed by atoms with Gasteiger partial charge in [0.2, 0.25) is 21.8 Å². The van der Waals surface area contributed by atoms with Gasteiger partial charge in [0, 0.05) is 45.2 Å². The SMILES string of the molecule is CC(=O)N1c2ccc(S(=O)(=O)NCCC(=O)N(C)Cc3ccccc3)cc2C[C@@H]1C. The van der Waals surface area contributed by atoms with E-state index in [0.29, 0.717) is 13.0 Å². The third kappa shape index (κ3) is 4.88. The number of rotatable bonds is 7. The van der Waals surface area contributed by atoms with E-state index in [1.54, 1.807) is 29.0 Å². The van der Waals surface area contributed by atoms with Gasteiger partial charge in [0.15, 0.2) is 0 Å². The number of benzene rings is 2. The number of sulfonamides is 1. The van der Waals surface area contributed by atoms with E-state index in [1.165, 1.54) is 13.0 Å². The minimum Gasteiger partial charge on any atom is -0.341 e. The first-order valence-electron chi connectivity index (χ1n) is 9.89. The molecule has 0 saturated heterocycles. The van der Waals surface area contributed by atoms with Gasteiger partial charge in [-0.25, -0.2) is 13.1 Å². The molecule has 7 nitrogen and oxygen atoms in total. The molecule has 3 rings (SSSR count). The smallest absolute Gasteiger partial charge is 0.240 e. The average Bonchev–Trinajstić information content (AvgIpc) is 3.03. The van der Waals surface area contributed by atoms with Crippen molar-refractivity contribution in [3.8, 4) is 0 Å². The molecule has 0 spiro atoms. The molecule has 0 radical (unpaired) electrons. The number of fused-ring (bicyclic) bond motifs is 1. The van der Waals surface area contributed by atoms with Crippen LogP contribution in [0.4, 0.5) is 5.69 Å². The summed E-state index contributed by atoms with van der Waals surface area (Å²) in [5, 5.41) is 0. The molecular formula is C22H27N3O4S. The first-order valence-corrected chi connectivity index (χ1v) is 11.4. The molecule has 0 fully saturated rings. The Bertz CT molecular complexity index is 1040. The average molecular weight is 430 g/mol. The molecule has 0 saturated carbocycles. The number of nitrogens with one attached hydrogen (secondary N) is 1. The zero-order chi connectivity index (χ0) is 21.9. The maximum atomic E-state index is 12.7. The summed E-state index contributed by atoms with van der Waals surface area (Å²) in [5.41, 5.74) is 2.60. The fourth-order valence-electron chi connectivity index (χ4n) is 3.77. The minimum absolute atomic E-state index is 0.00110. The first-order chi connectivity index (χ1) is 14.2. The van der Waals surface area contributed by atoms with E-state index in [-0.39, 0.29) is 35.7 Å². The number of nitrogens with zero attached hydrogens (tertiary/aromatic N) is 2. The zero-order valence-electron chi connectivity index (χ0n) is 17.5. The van der Waals surface area contributed by atoms with E-state index < -0.39 is 10.0 Å². The number of hydrogen-bond acceptors (Lipinski definition) is 4. The van der Waals surface area contributed by atoms with Crippen molar-refractivity contribution >= 4 is 27.5 Å². The first kappa shape index (κ1) is 22.0. The molecule has 1 atom stereocenters. The predicted octanol–water partition coefficient (Wildman–Crippen LogP) is 2.31. The van der Waals surface area contributed by atoms with Gasteiger partial charge < -0.3 is 9.80 Å². The second kappa shape index (κ2) is 8.97. The molecule has 0 aromatic heterocycles. The fraction of sp³-hybridized carbons (Fsp3) is 0.364. The predicted molar refractivity (Wildman–Crippen MR) is 115 cm³/mol. The second-order valence-electron chi connectivity index (χ2n) is 7.62. The van der Waals surface area contributed by atoms with E-state index >= 15 is 0 Å². The third-order valence-electron chi connectivity index (χ3n) is 5.24. The molecule has 30 heavy (non-hydrogen) atoms. The lowest BCUT2D eigenvalue weighted by molar-refractivity contribution is -0.130. The van der Waals surface area contributed by atoms with Crippen molar-refractivity contribution in [1.82, 2.24) is 9.62 Å². The molecule has 1 heterocycles. The van der Waals surface area contributed by atoms with Crippen LogP contribution in [-0.4, -0.2) is 44.8 Å². The van der Waals surface area contributed by atoms with Gasteiger partial charge in [-0.2, -0.15) is 0 Å². The van der Waals surface area contributed by atoms with Crippen molar-refractivity contribution in [3.05, 3.63) is 59.7 Å². The molecule has 0 aliphatic carbocycles. The van der Waals surface area contributed by atoms with Crippen LogP contribution in [0.5, 0.6) is 0 Å². The van der Waals surface area contributed by atoms with Gasteiger partial charge in [-0.1, -0.05) is 30.3 Å². The van der Waals surface area contributed by atoms with Crippen LogP contribution in [0.25, 0.3) is 0 Å². The minimum atomic E-state index is -3.74. The summed E-state index contributed by atoms with van der Waals surface area (Å²) in [7, 11) is -2.04. The van der Waals surface area contributed by atoms with Crippen molar-refractivity contribution in [2.45, 2.75) is 44.2 Å². The van der Waals surface area contributed by atoms with Crippen LogP contribution in [-0.2, 0) is 32.6 Å². The fourth-order valence-corrected chi connectivity index (χ4v) is 4.85. The van der Waals surface area contributed by atoms with Crippen LogP contribution in [0.15, 0.2) is 53.4 Å². The molecule has 8 heteroatoms. The van der Waals surface area contributed by atoms with Gasteiger partial charge in [0.25, 0.3) is 0 Å². The highest BCUT2D eigenvalue weighted by Crippen LogP contribution is 2.33. The zero-order valence-corrected chi connectivity index (χ0v) is 18.3. The Morgan fingerprint density at radius 1 is 1.17 bits per heavy atom. The van der Waals surface area contributed by atoms with Crippen molar-refractivity contribution in [1.29, 1.82) is 0 Å². The van der Waals surface area contributed by atoms with Gasteiger partial charge in [0.05, 0.1) is 4.90 Å². The molecule has 0 bridgehead atoms. The highest BCUT2D eigenvalue weighted by molar-refractivity contribution is 7.89. The topological polar surface area (TPSA) is 86.8 Å². The van der Waals surface area contributed by atoms with Gasteiger partial charge in [-0.3, -0.25) is 9.59 Å².